The summed E-state index contributed by atoms with van der Waals surface area (Å²) in [6, 6.07) is 13.4. The van der Waals surface area contributed by atoms with Gasteiger partial charge in [-0.25, -0.2) is 22.6 Å². The third-order valence-electron chi connectivity index (χ3n) is 5.37. The van der Waals surface area contributed by atoms with Crippen molar-refractivity contribution in [3.63, 3.8) is 0 Å². The van der Waals surface area contributed by atoms with Crippen molar-refractivity contribution in [1.29, 1.82) is 0 Å². The number of hydrogen-bond acceptors (Lipinski definition) is 3. The summed E-state index contributed by atoms with van der Waals surface area (Å²) < 4.78 is 42.3. The number of benzene rings is 3. The zero-order valence-corrected chi connectivity index (χ0v) is 18.9. The van der Waals surface area contributed by atoms with Crippen molar-refractivity contribution in [2.45, 2.75) is 32.7 Å². The minimum Gasteiger partial charge on any atom is -0.326 e. The third-order valence-corrected chi connectivity index (χ3v) is 5.37. The number of fused-ring (bicyclic) bond motifs is 1. The Kier molecular flexibility index (Phi) is 6.05. The molecule has 0 unspecified atom stereocenters. The van der Waals surface area contributed by atoms with Crippen molar-refractivity contribution in [2.24, 2.45) is 5.73 Å². The van der Waals surface area contributed by atoms with Gasteiger partial charge in [-0.2, -0.15) is 5.10 Å². The Bertz CT molecular complexity index is 1390. The van der Waals surface area contributed by atoms with E-state index in [0.717, 1.165) is 16.3 Å². The Morgan fingerprint density at radius 3 is 2.38 bits per heavy atom. The molecule has 0 fully saturated rings. The second-order valence-corrected chi connectivity index (χ2v) is 8.93. The largest absolute Gasteiger partial charge is 0.326 e. The third kappa shape index (κ3) is 4.60. The minimum atomic E-state index is -1.34. The Labute approximate surface area is 194 Å². The Morgan fingerprint density at radius 1 is 0.971 bits per heavy atom. The van der Waals surface area contributed by atoms with Crippen molar-refractivity contribution in [3.8, 4) is 5.69 Å². The first-order valence-electron chi connectivity index (χ1n) is 10.6. The second kappa shape index (κ2) is 8.83. The minimum absolute atomic E-state index is 0.306. The maximum atomic E-state index is 14.0. The van der Waals surface area contributed by atoms with E-state index in [2.05, 4.69) is 15.7 Å². The van der Waals surface area contributed by atoms with Crippen LogP contribution in [0.4, 0.5) is 29.5 Å². The predicted octanol–water partition coefficient (Wildman–Crippen LogP) is 5.84. The molecular weight excluding hydrogens is 443 g/mol. The number of amides is 2. The summed E-state index contributed by atoms with van der Waals surface area (Å²) in [6.07, 6.45) is 0. The van der Waals surface area contributed by atoms with Crippen LogP contribution in [-0.4, -0.2) is 15.8 Å². The van der Waals surface area contributed by atoms with Crippen LogP contribution in [0.25, 0.3) is 16.5 Å². The lowest BCUT2D eigenvalue weighted by atomic mass is 9.92. The van der Waals surface area contributed by atoms with Gasteiger partial charge < -0.3 is 11.1 Å². The molecule has 4 N–H and O–H groups in total. The zero-order valence-electron chi connectivity index (χ0n) is 18.9. The lowest BCUT2D eigenvalue weighted by Gasteiger charge is -2.14. The van der Waals surface area contributed by atoms with Gasteiger partial charge in [-0.1, -0.05) is 45.0 Å². The van der Waals surface area contributed by atoms with E-state index in [4.69, 9.17) is 5.73 Å². The Balaban J connectivity index is 1.74. The van der Waals surface area contributed by atoms with E-state index >= 15 is 0 Å². The predicted molar refractivity (Wildman–Crippen MR) is 127 cm³/mol. The second-order valence-electron chi connectivity index (χ2n) is 8.93. The summed E-state index contributed by atoms with van der Waals surface area (Å²) in [4.78, 5) is 12.6. The molecule has 0 aliphatic heterocycles. The van der Waals surface area contributed by atoms with Crippen LogP contribution in [-0.2, 0) is 12.0 Å². The van der Waals surface area contributed by atoms with Gasteiger partial charge in [0.25, 0.3) is 0 Å². The van der Waals surface area contributed by atoms with Crippen molar-refractivity contribution in [2.75, 3.05) is 10.6 Å². The fraction of sp³-hybridized carbons (Fsp3) is 0.200. The van der Waals surface area contributed by atoms with Crippen molar-refractivity contribution >= 4 is 28.3 Å². The quantitative estimate of drug-likeness (QED) is 0.330. The van der Waals surface area contributed by atoms with Crippen LogP contribution < -0.4 is 16.4 Å². The fourth-order valence-corrected chi connectivity index (χ4v) is 3.59. The fourth-order valence-electron chi connectivity index (χ4n) is 3.59. The van der Waals surface area contributed by atoms with Gasteiger partial charge >= 0.3 is 6.03 Å². The number of hydrogen-bond donors (Lipinski definition) is 3. The van der Waals surface area contributed by atoms with Crippen molar-refractivity contribution < 1.29 is 18.0 Å². The van der Waals surface area contributed by atoms with Gasteiger partial charge in [0, 0.05) is 30.2 Å². The number of aromatic nitrogens is 2. The molecule has 4 rings (SSSR count). The van der Waals surface area contributed by atoms with E-state index in [1.807, 2.05) is 57.2 Å². The summed E-state index contributed by atoms with van der Waals surface area (Å²) in [5, 5.41) is 11.5. The highest BCUT2D eigenvalue weighted by Gasteiger charge is 2.22. The van der Waals surface area contributed by atoms with Crippen molar-refractivity contribution in [1.82, 2.24) is 9.78 Å². The highest BCUT2D eigenvalue weighted by atomic mass is 19.2. The van der Waals surface area contributed by atoms with E-state index in [0.29, 0.717) is 35.9 Å². The van der Waals surface area contributed by atoms with Crippen LogP contribution in [0.3, 0.4) is 0 Å². The lowest BCUT2D eigenvalue weighted by molar-refractivity contribution is 0.262. The Hall–Kier alpha value is -3.85. The highest BCUT2D eigenvalue weighted by Crippen LogP contribution is 2.29. The molecule has 3 aromatic carbocycles. The topological polar surface area (TPSA) is 85.0 Å². The van der Waals surface area contributed by atoms with Crippen LogP contribution in [0.1, 0.15) is 32.0 Å². The van der Waals surface area contributed by atoms with Crippen LogP contribution in [0.2, 0.25) is 0 Å². The SMILES string of the molecule is CC(C)(C)c1cc(NC(=O)Nc2cc(F)c(F)cc2F)n(-c2cc(CN)c3ccccc3c2)n1. The normalized spacial score (nSPS) is 11.6. The molecule has 4 aromatic rings. The molecule has 0 spiro atoms. The number of urea groups is 1. The molecular formula is C25H24F3N5O. The van der Waals surface area contributed by atoms with Crippen LogP contribution in [0.15, 0.2) is 54.6 Å². The molecule has 34 heavy (non-hydrogen) atoms. The van der Waals surface area contributed by atoms with Gasteiger partial charge in [-0.3, -0.25) is 5.32 Å². The number of nitrogens with zero attached hydrogens (tertiary/aromatic N) is 2. The summed E-state index contributed by atoms with van der Waals surface area (Å²) >= 11 is 0. The average Bonchev–Trinajstić information content (AvgIpc) is 3.21. The summed E-state index contributed by atoms with van der Waals surface area (Å²) in [5.74, 6) is -3.41. The monoisotopic (exact) mass is 467 g/mol. The van der Waals surface area contributed by atoms with E-state index in [9.17, 15) is 18.0 Å². The number of nitrogens with one attached hydrogen (secondary N) is 2. The number of rotatable bonds is 4. The first kappa shape index (κ1) is 23.3. The van der Waals surface area contributed by atoms with Gasteiger partial charge in [0.2, 0.25) is 0 Å². The molecule has 0 aliphatic rings. The number of nitrogens with two attached hydrogens (primary N) is 1. The maximum absolute atomic E-state index is 14.0. The molecule has 0 bridgehead atoms. The molecule has 2 amide bonds. The molecule has 9 heteroatoms. The van der Waals surface area contributed by atoms with E-state index < -0.39 is 29.2 Å². The van der Waals surface area contributed by atoms with Gasteiger partial charge in [-0.05, 0) is 28.5 Å². The van der Waals surface area contributed by atoms with Crippen LogP contribution in [0.5, 0.6) is 0 Å². The van der Waals surface area contributed by atoms with Gasteiger partial charge in [0.1, 0.15) is 11.6 Å². The van der Waals surface area contributed by atoms with Gasteiger partial charge in [-0.15, -0.1) is 0 Å². The summed E-state index contributed by atoms with van der Waals surface area (Å²) in [7, 11) is 0. The molecule has 1 aromatic heterocycles. The molecule has 1 heterocycles. The molecule has 0 atom stereocenters. The molecule has 0 saturated heterocycles. The van der Waals surface area contributed by atoms with Crippen LogP contribution >= 0.6 is 0 Å². The Morgan fingerprint density at radius 2 is 1.68 bits per heavy atom. The summed E-state index contributed by atoms with van der Waals surface area (Å²) in [6.45, 7) is 6.24. The number of halogens is 3. The van der Waals surface area contributed by atoms with Crippen molar-refractivity contribution in [3.05, 3.63) is 83.3 Å². The molecule has 0 radical (unpaired) electrons. The smallest absolute Gasteiger partial charge is 0.324 e. The van der Waals surface area contributed by atoms with Gasteiger partial charge in [0.15, 0.2) is 11.6 Å². The lowest BCUT2D eigenvalue weighted by Crippen LogP contribution is -2.22. The first-order chi connectivity index (χ1) is 16.1. The summed E-state index contributed by atoms with van der Waals surface area (Å²) in [5.41, 5.74) is 7.42. The molecule has 0 aliphatic carbocycles. The van der Waals surface area contributed by atoms with Crippen LogP contribution in [0, 0.1) is 17.5 Å². The zero-order chi connectivity index (χ0) is 24.6. The average molecular weight is 467 g/mol. The number of carbonyl (C=O) groups excluding carboxylic acids is 1. The number of anilines is 2. The molecule has 176 valence electrons. The van der Waals surface area contributed by atoms with E-state index in [1.165, 1.54) is 0 Å². The van der Waals surface area contributed by atoms with E-state index in [-0.39, 0.29) is 5.41 Å². The van der Waals surface area contributed by atoms with E-state index in [1.54, 1.807) is 10.7 Å². The standard InChI is InChI=1S/C25H24F3N5O/c1-25(2,3)22-12-23(31-24(34)30-21-11-19(27)18(26)10-20(21)28)33(32-22)16-8-14-6-4-5-7-17(14)15(9-16)13-29/h4-12H,13,29H2,1-3H3,(H2,30,31,34). The molecule has 0 saturated carbocycles. The first-order valence-corrected chi connectivity index (χ1v) is 10.6. The molecule has 6 nitrogen and oxygen atoms in total. The van der Waals surface area contributed by atoms with Gasteiger partial charge in [0.05, 0.1) is 17.1 Å². The number of carbonyl (C=O) groups is 1. The maximum Gasteiger partial charge on any atom is 0.324 e. The highest BCUT2D eigenvalue weighted by molar-refractivity contribution is 5.99.